The molecule has 1 saturated heterocycles. The Morgan fingerprint density at radius 1 is 1.18 bits per heavy atom. The second-order valence-electron chi connectivity index (χ2n) is 5.61. The summed E-state index contributed by atoms with van der Waals surface area (Å²) < 4.78 is 0. The van der Waals surface area contributed by atoms with Gasteiger partial charge in [0.1, 0.15) is 0 Å². The van der Waals surface area contributed by atoms with Crippen molar-refractivity contribution in [1.29, 1.82) is 0 Å². The normalized spacial score (nSPS) is 21.5. The zero-order valence-electron chi connectivity index (χ0n) is 11.1. The van der Waals surface area contributed by atoms with Crippen LogP contribution in [-0.4, -0.2) is 37.0 Å². The molecule has 0 spiro atoms. The third kappa shape index (κ3) is 4.30. The second-order valence-corrected chi connectivity index (χ2v) is 5.61. The highest BCUT2D eigenvalue weighted by atomic mass is 16.2. The van der Waals surface area contributed by atoms with Crippen LogP contribution in [-0.2, 0) is 4.79 Å². The molecule has 0 aromatic carbocycles. The molecule has 2 rings (SSSR count). The second kappa shape index (κ2) is 6.39. The van der Waals surface area contributed by atoms with Gasteiger partial charge in [-0.2, -0.15) is 0 Å². The zero-order chi connectivity index (χ0) is 12.1. The summed E-state index contributed by atoms with van der Waals surface area (Å²) in [6.07, 6.45) is 7.03. The van der Waals surface area contributed by atoms with Crippen LogP contribution in [0, 0.1) is 11.8 Å². The number of hydrogen-bond acceptors (Lipinski definition) is 2. The van der Waals surface area contributed by atoms with Crippen molar-refractivity contribution in [2.24, 2.45) is 11.8 Å². The van der Waals surface area contributed by atoms with Gasteiger partial charge in [0.05, 0.1) is 0 Å². The van der Waals surface area contributed by atoms with Crippen LogP contribution in [0.1, 0.15) is 45.4 Å². The van der Waals surface area contributed by atoms with Crippen molar-refractivity contribution in [3.8, 4) is 0 Å². The molecule has 0 bridgehead atoms. The van der Waals surface area contributed by atoms with Gasteiger partial charge < -0.3 is 10.2 Å². The van der Waals surface area contributed by atoms with E-state index < -0.39 is 0 Å². The molecule has 1 heterocycles. The maximum atomic E-state index is 12.1. The van der Waals surface area contributed by atoms with Gasteiger partial charge in [-0.1, -0.05) is 0 Å². The number of rotatable bonds is 6. The standard InChI is InChI=1S/C14H26N2O/c1-2-16(11-13-3-4-13)14(17)6-5-12-7-9-15-10-8-12/h12-13,15H,2-11H2,1H3. The number of hydrogen-bond donors (Lipinski definition) is 1. The van der Waals surface area contributed by atoms with Gasteiger partial charge in [0, 0.05) is 19.5 Å². The maximum absolute atomic E-state index is 12.1. The van der Waals surface area contributed by atoms with E-state index in [1.165, 1.54) is 25.7 Å². The quantitative estimate of drug-likeness (QED) is 0.768. The van der Waals surface area contributed by atoms with Gasteiger partial charge in [-0.25, -0.2) is 0 Å². The fourth-order valence-corrected chi connectivity index (χ4v) is 2.68. The molecule has 1 aliphatic heterocycles. The van der Waals surface area contributed by atoms with Gasteiger partial charge in [-0.3, -0.25) is 4.79 Å². The summed E-state index contributed by atoms with van der Waals surface area (Å²) in [5.74, 6) is 1.98. The molecule has 1 saturated carbocycles. The molecule has 1 amide bonds. The van der Waals surface area contributed by atoms with Gasteiger partial charge in [0.15, 0.2) is 0 Å². The average molecular weight is 238 g/mol. The molecule has 0 aromatic rings. The summed E-state index contributed by atoms with van der Waals surface area (Å²) in [5, 5.41) is 3.38. The minimum absolute atomic E-state index is 0.387. The SMILES string of the molecule is CCN(CC1CC1)C(=O)CCC1CCNCC1. The van der Waals surface area contributed by atoms with Crippen LogP contribution in [0.4, 0.5) is 0 Å². The average Bonchev–Trinajstić information content (AvgIpc) is 3.18. The first-order valence-electron chi connectivity index (χ1n) is 7.28. The Morgan fingerprint density at radius 2 is 1.88 bits per heavy atom. The lowest BCUT2D eigenvalue weighted by Gasteiger charge is -2.25. The number of amides is 1. The first-order valence-corrected chi connectivity index (χ1v) is 7.28. The Morgan fingerprint density at radius 3 is 2.47 bits per heavy atom. The number of piperidine rings is 1. The van der Waals surface area contributed by atoms with E-state index in [1.807, 2.05) is 0 Å². The van der Waals surface area contributed by atoms with Crippen molar-refractivity contribution >= 4 is 5.91 Å². The number of carbonyl (C=O) groups excluding carboxylic acids is 1. The van der Waals surface area contributed by atoms with Crippen LogP contribution in [0.2, 0.25) is 0 Å². The van der Waals surface area contributed by atoms with E-state index in [2.05, 4.69) is 17.1 Å². The fourth-order valence-electron chi connectivity index (χ4n) is 2.68. The predicted molar refractivity (Wildman–Crippen MR) is 69.8 cm³/mol. The van der Waals surface area contributed by atoms with Crippen LogP contribution < -0.4 is 5.32 Å². The van der Waals surface area contributed by atoms with Crippen LogP contribution in [0.5, 0.6) is 0 Å². The molecule has 3 nitrogen and oxygen atoms in total. The van der Waals surface area contributed by atoms with Crippen LogP contribution in [0.25, 0.3) is 0 Å². The molecule has 1 N–H and O–H groups in total. The molecule has 3 heteroatoms. The van der Waals surface area contributed by atoms with E-state index in [1.54, 1.807) is 0 Å². The molecule has 0 unspecified atom stereocenters. The number of carbonyl (C=O) groups is 1. The molecule has 0 atom stereocenters. The number of nitrogens with zero attached hydrogens (tertiary/aromatic N) is 1. The van der Waals surface area contributed by atoms with Crippen molar-refractivity contribution in [3.63, 3.8) is 0 Å². The minimum atomic E-state index is 0.387. The van der Waals surface area contributed by atoms with E-state index in [0.717, 1.165) is 50.9 Å². The molecule has 2 aliphatic rings. The van der Waals surface area contributed by atoms with Crippen LogP contribution in [0.3, 0.4) is 0 Å². The summed E-state index contributed by atoms with van der Waals surface area (Å²) in [6, 6.07) is 0. The maximum Gasteiger partial charge on any atom is 0.222 e. The van der Waals surface area contributed by atoms with E-state index in [9.17, 15) is 4.79 Å². The number of nitrogens with one attached hydrogen (secondary N) is 1. The molecule has 17 heavy (non-hydrogen) atoms. The molecule has 2 fully saturated rings. The summed E-state index contributed by atoms with van der Waals surface area (Å²) in [5.41, 5.74) is 0. The van der Waals surface area contributed by atoms with Crippen molar-refractivity contribution in [1.82, 2.24) is 10.2 Å². The van der Waals surface area contributed by atoms with E-state index in [0.29, 0.717) is 5.91 Å². The van der Waals surface area contributed by atoms with Gasteiger partial charge >= 0.3 is 0 Å². The highest BCUT2D eigenvalue weighted by Crippen LogP contribution is 2.30. The zero-order valence-corrected chi connectivity index (χ0v) is 11.1. The Balaban J connectivity index is 1.66. The Hall–Kier alpha value is -0.570. The summed E-state index contributed by atoms with van der Waals surface area (Å²) in [7, 11) is 0. The third-order valence-electron chi connectivity index (χ3n) is 4.14. The first-order chi connectivity index (χ1) is 8.29. The Labute approximate surface area is 105 Å². The molecular formula is C14H26N2O. The monoisotopic (exact) mass is 238 g/mol. The highest BCUT2D eigenvalue weighted by Gasteiger charge is 2.26. The topological polar surface area (TPSA) is 32.3 Å². The fraction of sp³-hybridized carbons (Fsp3) is 0.929. The smallest absolute Gasteiger partial charge is 0.222 e. The van der Waals surface area contributed by atoms with Crippen LogP contribution >= 0.6 is 0 Å². The third-order valence-corrected chi connectivity index (χ3v) is 4.14. The summed E-state index contributed by atoms with van der Waals surface area (Å²) in [4.78, 5) is 14.2. The van der Waals surface area contributed by atoms with Gasteiger partial charge in [0.2, 0.25) is 5.91 Å². The molecule has 0 aromatic heterocycles. The summed E-state index contributed by atoms with van der Waals surface area (Å²) >= 11 is 0. The van der Waals surface area contributed by atoms with Gasteiger partial charge in [-0.15, -0.1) is 0 Å². The molecule has 0 radical (unpaired) electrons. The molecular weight excluding hydrogens is 212 g/mol. The van der Waals surface area contributed by atoms with Crippen molar-refractivity contribution in [2.45, 2.75) is 45.4 Å². The van der Waals surface area contributed by atoms with E-state index in [4.69, 9.17) is 0 Å². The van der Waals surface area contributed by atoms with Crippen molar-refractivity contribution < 1.29 is 4.79 Å². The first kappa shape index (κ1) is 12.9. The van der Waals surface area contributed by atoms with Gasteiger partial charge in [0.25, 0.3) is 0 Å². The molecule has 98 valence electrons. The lowest BCUT2D eigenvalue weighted by molar-refractivity contribution is -0.131. The summed E-state index contributed by atoms with van der Waals surface area (Å²) in [6.45, 7) is 6.28. The van der Waals surface area contributed by atoms with Gasteiger partial charge in [-0.05, 0) is 64.0 Å². The van der Waals surface area contributed by atoms with Crippen molar-refractivity contribution in [2.75, 3.05) is 26.2 Å². The minimum Gasteiger partial charge on any atom is -0.343 e. The van der Waals surface area contributed by atoms with Crippen LogP contribution in [0.15, 0.2) is 0 Å². The Kier molecular flexibility index (Phi) is 4.84. The molecule has 1 aliphatic carbocycles. The highest BCUT2D eigenvalue weighted by molar-refractivity contribution is 5.76. The van der Waals surface area contributed by atoms with E-state index >= 15 is 0 Å². The lowest BCUT2D eigenvalue weighted by Crippen LogP contribution is -2.33. The lowest BCUT2D eigenvalue weighted by atomic mass is 9.93. The van der Waals surface area contributed by atoms with E-state index in [-0.39, 0.29) is 0 Å². The Bertz CT molecular complexity index is 245. The van der Waals surface area contributed by atoms with Crippen molar-refractivity contribution in [3.05, 3.63) is 0 Å². The largest absolute Gasteiger partial charge is 0.343 e. The predicted octanol–water partition coefficient (Wildman–Crippen LogP) is 2.02.